The van der Waals surface area contributed by atoms with Crippen LogP contribution in [0.5, 0.6) is 0 Å². The molecule has 0 bridgehead atoms. The molecular formula is C21H16BrFN2. The molecule has 1 unspecified atom stereocenters. The molecule has 4 heteroatoms. The highest BCUT2D eigenvalue weighted by atomic mass is 79.9. The molecule has 0 radical (unpaired) electrons. The molecule has 1 aliphatic heterocycles. The Hall–Kier alpha value is -2.59. The van der Waals surface area contributed by atoms with Gasteiger partial charge in [-0.05, 0) is 47.5 Å². The Balaban J connectivity index is 1.76. The molecule has 0 amide bonds. The smallest absolute Gasteiger partial charge is 0.123 e. The minimum atomic E-state index is -0.232. The van der Waals surface area contributed by atoms with Crippen molar-refractivity contribution in [2.75, 3.05) is 5.01 Å². The zero-order valence-electron chi connectivity index (χ0n) is 13.4. The molecule has 2 nitrogen and oxygen atoms in total. The van der Waals surface area contributed by atoms with E-state index in [0.717, 1.165) is 21.3 Å². The highest BCUT2D eigenvalue weighted by Crippen LogP contribution is 2.37. The van der Waals surface area contributed by atoms with Crippen molar-refractivity contribution in [2.45, 2.75) is 6.04 Å². The van der Waals surface area contributed by atoms with Crippen LogP contribution in [0.3, 0.4) is 0 Å². The summed E-state index contributed by atoms with van der Waals surface area (Å²) in [5.41, 5.74) is 7.34. The van der Waals surface area contributed by atoms with Crippen molar-refractivity contribution in [1.82, 2.24) is 5.43 Å². The van der Waals surface area contributed by atoms with Crippen LogP contribution in [0.2, 0.25) is 0 Å². The first-order valence-electron chi connectivity index (χ1n) is 8.05. The number of benzene rings is 3. The highest BCUT2D eigenvalue weighted by Gasteiger charge is 2.24. The molecule has 3 aromatic carbocycles. The summed E-state index contributed by atoms with van der Waals surface area (Å²) in [6.07, 6.45) is 4.06. The third kappa shape index (κ3) is 3.17. The Kier molecular flexibility index (Phi) is 4.28. The summed E-state index contributed by atoms with van der Waals surface area (Å²) in [5.74, 6) is -0.232. The first-order valence-corrected chi connectivity index (χ1v) is 8.84. The topological polar surface area (TPSA) is 15.3 Å². The molecule has 1 aliphatic rings. The van der Waals surface area contributed by atoms with Crippen LogP contribution in [0.4, 0.5) is 10.1 Å². The van der Waals surface area contributed by atoms with Crippen molar-refractivity contribution in [3.05, 3.63) is 101 Å². The monoisotopic (exact) mass is 394 g/mol. The van der Waals surface area contributed by atoms with Crippen molar-refractivity contribution in [1.29, 1.82) is 0 Å². The van der Waals surface area contributed by atoms with Crippen LogP contribution < -0.4 is 10.4 Å². The Morgan fingerprint density at radius 1 is 0.920 bits per heavy atom. The maximum absolute atomic E-state index is 13.7. The maximum atomic E-state index is 13.7. The fourth-order valence-electron chi connectivity index (χ4n) is 3.10. The fourth-order valence-corrected chi connectivity index (χ4v) is 3.37. The number of hydrogen-bond acceptors (Lipinski definition) is 2. The van der Waals surface area contributed by atoms with Crippen molar-refractivity contribution >= 4 is 21.6 Å². The molecule has 3 aromatic rings. The molecule has 124 valence electrons. The molecular weight excluding hydrogens is 379 g/mol. The molecule has 0 saturated carbocycles. The molecule has 0 aromatic heterocycles. The number of nitrogens with one attached hydrogen (secondary N) is 1. The Morgan fingerprint density at radius 2 is 1.72 bits per heavy atom. The molecule has 25 heavy (non-hydrogen) atoms. The van der Waals surface area contributed by atoms with Crippen LogP contribution in [0, 0.1) is 5.82 Å². The lowest BCUT2D eigenvalue weighted by atomic mass is 10.0. The van der Waals surface area contributed by atoms with E-state index in [2.05, 4.69) is 44.6 Å². The van der Waals surface area contributed by atoms with Crippen molar-refractivity contribution in [3.63, 3.8) is 0 Å². The van der Waals surface area contributed by atoms with Crippen LogP contribution in [-0.4, -0.2) is 0 Å². The van der Waals surface area contributed by atoms with E-state index in [1.165, 1.54) is 11.6 Å². The second-order valence-electron chi connectivity index (χ2n) is 5.88. The number of halogens is 2. The van der Waals surface area contributed by atoms with Crippen LogP contribution in [0.25, 0.3) is 11.1 Å². The van der Waals surface area contributed by atoms with Gasteiger partial charge in [0.2, 0.25) is 0 Å². The van der Waals surface area contributed by atoms with Gasteiger partial charge in [0.15, 0.2) is 0 Å². The van der Waals surface area contributed by atoms with E-state index >= 15 is 0 Å². The highest BCUT2D eigenvalue weighted by molar-refractivity contribution is 9.10. The fraction of sp³-hybridized carbons (Fsp3) is 0.0476. The Labute approximate surface area is 154 Å². The van der Waals surface area contributed by atoms with E-state index in [0.29, 0.717) is 0 Å². The van der Waals surface area contributed by atoms with Gasteiger partial charge in [0, 0.05) is 16.2 Å². The molecule has 0 fully saturated rings. The molecule has 0 saturated heterocycles. The largest absolute Gasteiger partial charge is 0.305 e. The minimum absolute atomic E-state index is 0.0720. The average molecular weight is 395 g/mol. The maximum Gasteiger partial charge on any atom is 0.123 e. The summed E-state index contributed by atoms with van der Waals surface area (Å²) in [6, 6.07) is 23.1. The van der Waals surface area contributed by atoms with Gasteiger partial charge in [-0.3, -0.25) is 5.01 Å². The van der Waals surface area contributed by atoms with Gasteiger partial charge in [-0.2, -0.15) is 0 Å². The predicted octanol–water partition coefficient (Wildman–Crippen LogP) is 5.83. The third-order valence-corrected chi connectivity index (χ3v) is 4.81. The lowest BCUT2D eigenvalue weighted by Gasteiger charge is -2.29. The molecule has 0 spiro atoms. The molecule has 4 rings (SSSR count). The number of hydrazine groups is 1. The summed E-state index contributed by atoms with van der Waals surface area (Å²) in [4.78, 5) is 0. The van der Waals surface area contributed by atoms with E-state index in [4.69, 9.17) is 0 Å². The predicted molar refractivity (Wildman–Crippen MR) is 103 cm³/mol. The lowest BCUT2D eigenvalue weighted by Crippen LogP contribution is -2.32. The van der Waals surface area contributed by atoms with Crippen molar-refractivity contribution in [2.24, 2.45) is 0 Å². The Morgan fingerprint density at radius 3 is 2.52 bits per heavy atom. The number of rotatable bonds is 3. The SMILES string of the molecule is Fc1cccc(-c2ccccc2N2NC=CC2c2ccc(Br)cc2)c1. The molecule has 1 N–H and O–H groups in total. The van der Waals surface area contributed by atoms with Gasteiger partial charge >= 0.3 is 0 Å². The number of hydrogen-bond donors (Lipinski definition) is 1. The normalized spacial score (nSPS) is 16.1. The van der Waals surface area contributed by atoms with Gasteiger partial charge in [0.25, 0.3) is 0 Å². The van der Waals surface area contributed by atoms with Crippen molar-refractivity contribution < 1.29 is 4.39 Å². The number of para-hydroxylation sites is 1. The zero-order chi connectivity index (χ0) is 17.2. The zero-order valence-corrected chi connectivity index (χ0v) is 14.9. The van der Waals surface area contributed by atoms with Crippen LogP contribution in [0.1, 0.15) is 11.6 Å². The standard InChI is InChI=1S/C21H16BrFN2/c22-17-10-8-15(9-11-17)20-12-13-24-25(20)21-7-2-1-6-19(21)16-4-3-5-18(23)14-16/h1-14,20,24H. The van der Waals surface area contributed by atoms with Gasteiger partial charge in [0.05, 0.1) is 11.7 Å². The number of nitrogens with zero attached hydrogens (tertiary/aromatic N) is 1. The van der Waals surface area contributed by atoms with Gasteiger partial charge in [-0.1, -0.05) is 58.4 Å². The van der Waals surface area contributed by atoms with E-state index in [-0.39, 0.29) is 11.9 Å². The summed E-state index contributed by atoms with van der Waals surface area (Å²) >= 11 is 3.48. The quantitative estimate of drug-likeness (QED) is 0.600. The summed E-state index contributed by atoms with van der Waals surface area (Å²) in [5, 5.41) is 2.10. The van der Waals surface area contributed by atoms with Gasteiger partial charge < -0.3 is 5.43 Å². The van der Waals surface area contributed by atoms with Crippen molar-refractivity contribution in [3.8, 4) is 11.1 Å². The second kappa shape index (κ2) is 6.73. The van der Waals surface area contributed by atoms with E-state index < -0.39 is 0 Å². The molecule has 1 atom stereocenters. The van der Waals surface area contributed by atoms with Crippen LogP contribution in [0.15, 0.2) is 89.5 Å². The van der Waals surface area contributed by atoms with E-state index in [1.807, 2.05) is 48.7 Å². The molecule has 0 aliphatic carbocycles. The van der Waals surface area contributed by atoms with E-state index in [1.54, 1.807) is 12.1 Å². The molecule has 1 heterocycles. The first kappa shape index (κ1) is 15.9. The van der Waals surface area contributed by atoms with Gasteiger partial charge in [-0.25, -0.2) is 4.39 Å². The number of anilines is 1. The second-order valence-corrected chi connectivity index (χ2v) is 6.80. The van der Waals surface area contributed by atoms with Crippen LogP contribution in [-0.2, 0) is 0 Å². The summed E-state index contributed by atoms with van der Waals surface area (Å²) in [7, 11) is 0. The van der Waals surface area contributed by atoms with Gasteiger partial charge in [-0.15, -0.1) is 0 Å². The Bertz CT molecular complexity index is 921. The average Bonchev–Trinajstić information content (AvgIpc) is 3.12. The lowest BCUT2D eigenvalue weighted by molar-refractivity contribution is 0.628. The summed E-state index contributed by atoms with van der Waals surface area (Å²) in [6.45, 7) is 0. The van der Waals surface area contributed by atoms with Crippen LogP contribution >= 0.6 is 15.9 Å². The first-order chi connectivity index (χ1) is 12.2. The summed E-state index contributed by atoms with van der Waals surface area (Å²) < 4.78 is 14.7. The minimum Gasteiger partial charge on any atom is -0.305 e. The van der Waals surface area contributed by atoms with Gasteiger partial charge in [0.1, 0.15) is 5.82 Å². The third-order valence-electron chi connectivity index (χ3n) is 4.28. The van der Waals surface area contributed by atoms with E-state index in [9.17, 15) is 4.39 Å².